The van der Waals surface area contributed by atoms with Crippen LogP contribution in [-0.4, -0.2) is 18.9 Å². The molecule has 24 heavy (non-hydrogen) atoms. The van der Waals surface area contributed by atoms with Gasteiger partial charge < -0.3 is 11.1 Å². The van der Waals surface area contributed by atoms with Crippen LogP contribution < -0.4 is 11.1 Å². The average molecular weight is 342 g/mol. The van der Waals surface area contributed by atoms with E-state index in [1.165, 1.54) is 18.2 Å². The molecule has 0 atom stereocenters. The largest absolute Gasteiger partial charge is 0.399 e. The van der Waals surface area contributed by atoms with E-state index in [9.17, 15) is 17.8 Å². The Balaban J connectivity index is 2.12. The highest BCUT2D eigenvalue weighted by atomic mass is 32.2. The van der Waals surface area contributed by atoms with Crippen molar-refractivity contribution in [2.75, 3.05) is 11.1 Å². The van der Waals surface area contributed by atoms with Gasteiger partial charge in [0.05, 0.1) is 5.69 Å². The Labute approximate surface area is 138 Å². The van der Waals surface area contributed by atoms with Crippen LogP contribution in [0.2, 0.25) is 0 Å². The van der Waals surface area contributed by atoms with Crippen molar-refractivity contribution >= 4 is 38.2 Å². The molecule has 0 radical (unpaired) electrons. The van der Waals surface area contributed by atoms with Gasteiger partial charge in [0, 0.05) is 16.6 Å². The van der Waals surface area contributed by atoms with Crippen molar-refractivity contribution in [3.8, 4) is 0 Å². The fourth-order valence-electron chi connectivity index (χ4n) is 2.50. The molecule has 3 rings (SSSR count). The summed E-state index contributed by atoms with van der Waals surface area (Å²) in [6.45, 7) is 0. The lowest BCUT2D eigenvalue weighted by Gasteiger charge is -2.11. The first-order chi connectivity index (χ1) is 11.4. The van der Waals surface area contributed by atoms with Gasteiger partial charge in [-0.25, -0.2) is 0 Å². The Kier molecular flexibility index (Phi) is 3.96. The van der Waals surface area contributed by atoms with Crippen LogP contribution in [0.15, 0.2) is 65.6 Å². The molecule has 122 valence electrons. The van der Waals surface area contributed by atoms with Crippen molar-refractivity contribution in [2.45, 2.75) is 4.90 Å². The third-order valence-electron chi connectivity index (χ3n) is 3.54. The van der Waals surface area contributed by atoms with Crippen LogP contribution in [0.3, 0.4) is 0 Å². The van der Waals surface area contributed by atoms with Gasteiger partial charge in [0.2, 0.25) is 0 Å². The molecular formula is C17H14N2O4S. The molecule has 0 saturated heterocycles. The van der Waals surface area contributed by atoms with E-state index in [1.54, 1.807) is 42.5 Å². The van der Waals surface area contributed by atoms with Gasteiger partial charge >= 0.3 is 0 Å². The van der Waals surface area contributed by atoms with Crippen LogP contribution in [0.1, 0.15) is 10.4 Å². The minimum atomic E-state index is -4.43. The van der Waals surface area contributed by atoms with Crippen LogP contribution >= 0.6 is 0 Å². The quantitative estimate of drug-likeness (QED) is 0.501. The van der Waals surface area contributed by atoms with Crippen LogP contribution in [-0.2, 0) is 10.1 Å². The molecule has 0 fully saturated rings. The smallest absolute Gasteiger partial charge is 0.295 e. The lowest BCUT2D eigenvalue weighted by molar-refractivity contribution is 0.102. The van der Waals surface area contributed by atoms with Crippen molar-refractivity contribution < 1.29 is 17.8 Å². The summed E-state index contributed by atoms with van der Waals surface area (Å²) >= 11 is 0. The monoisotopic (exact) mass is 342 g/mol. The standard InChI is InChI=1S/C17H14N2O4S/c18-13-7-1-6-12(10-13)17(20)19-14-8-2-4-11-5-3-9-15(16(11)14)24(21,22)23/h1-10H,18H2,(H,19,20)(H,21,22,23). The van der Waals surface area contributed by atoms with Crippen LogP contribution in [0.25, 0.3) is 10.8 Å². The Morgan fingerprint density at radius 2 is 1.67 bits per heavy atom. The van der Waals surface area contributed by atoms with Crippen molar-refractivity contribution in [3.05, 3.63) is 66.2 Å². The van der Waals surface area contributed by atoms with Crippen molar-refractivity contribution in [1.29, 1.82) is 0 Å². The maximum Gasteiger partial charge on any atom is 0.295 e. The molecular weight excluding hydrogens is 328 g/mol. The van der Waals surface area contributed by atoms with Crippen LogP contribution in [0, 0.1) is 0 Å². The fraction of sp³-hybridized carbons (Fsp3) is 0. The number of hydrogen-bond acceptors (Lipinski definition) is 4. The number of rotatable bonds is 3. The number of anilines is 2. The van der Waals surface area contributed by atoms with Gasteiger partial charge in [-0.15, -0.1) is 0 Å². The van der Waals surface area contributed by atoms with Gasteiger partial charge in [-0.1, -0.05) is 30.3 Å². The zero-order chi connectivity index (χ0) is 17.3. The van der Waals surface area contributed by atoms with Crippen LogP contribution in [0.5, 0.6) is 0 Å². The molecule has 3 aromatic rings. The number of carbonyl (C=O) groups is 1. The molecule has 7 heteroatoms. The number of nitrogen functional groups attached to an aromatic ring is 1. The summed E-state index contributed by atoms with van der Waals surface area (Å²) in [6.07, 6.45) is 0. The van der Waals surface area contributed by atoms with Gasteiger partial charge in [-0.3, -0.25) is 9.35 Å². The molecule has 0 unspecified atom stereocenters. The Hall–Kier alpha value is -2.90. The molecule has 0 spiro atoms. The van der Waals surface area contributed by atoms with Crippen molar-refractivity contribution in [2.24, 2.45) is 0 Å². The number of fused-ring (bicyclic) bond motifs is 1. The van der Waals surface area contributed by atoms with Crippen molar-refractivity contribution in [1.82, 2.24) is 0 Å². The summed E-state index contributed by atoms with van der Waals surface area (Å²) in [5, 5.41) is 3.50. The maximum absolute atomic E-state index is 12.4. The third kappa shape index (κ3) is 3.08. The first kappa shape index (κ1) is 16.0. The molecule has 1 amide bonds. The number of benzene rings is 3. The molecule has 4 N–H and O–H groups in total. The highest BCUT2D eigenvalue weighted by Crippen LogP contribution is 2.30. The Morgan fingerprint density at radius 1 is 1.00 bits per heavy atom. The highest BCUT2D eigenvalue weighted by molar-refractivity contribution is 7.86. The van der Waals surface area contributed by atoms with Gasteiger partial charge in [-0.05, 0) is 35.7 Å². The zero-order valence-electron chi connectivity index (χ0n) is 12.4. The van der Waals surface area contributed by atoms with Gasteiger partial charge in [-0.2, -0.15) is 8.42 Å². The molecule has 0 saturated carbocycles. The molecule has 0 aliphatic carbocycles. The average Bonchev–Trinajstić information content (AvgIpc) is 2.53. The van der Waals surface area contributed by atoms with E-state index in [4.69, 9.17) is 5.73 Å². The second-order valence-electron chi connectivity index (χ2n) is 5.21. The van der Waals surface area contributed by atoms with E-state index < -0.39 is 16.0 Å². The summed E-state index contributed by atoms with van der Waals surface area (Å²) in [7, 11) is -4.43. The van der Waals surface area contributed by atoms with Crippen molar-refractivity contribution in [3.63, 3.8) is 0 Å². The SMILES string of the molecule is Nc1cccc(C(=O)Nc2cccc3cccc(S(=O)(=O)O)c23)c1. The summed E-state index contributed by atoms with van der Waals surface area (Å²) in [5.41, 5.74) is 6.74. The van der Waals surface area contributed by atoms with E-state index in [0.717, 1.165) is 0 Å². The molecule has 0 aliphatic rings. The normalized spacial score (nSPS) is 11.4. The summed E-state index contributed by atoms with van der Waals surface area (Å²) < 4.78 is 32.7. The molecule has 3 aromatic carbocycles. The first-order valence-corrected chi connectivity index (χ1v) is 8.46. The highest BCUT2D eigenvalue weighted by Gasteiger charge is 2.17. The van der Waals surface area contributed by atoms with Gasteiger partial charge in [0.25, 0.3) is 16.0 Å². The second-order valence-corrected chi connectivity index (χ2v) is 6.60. The van der Waals surface area contributed by atoms with E-state index in [1.807, 2.05) is 0 Å². The van der Waals surface area contributed by atoms with Crippen LogP contribution in [0.4, 0.5) is 11.4 Å². The Morgan fingerprint density at radius 3 is 2.33 bits per heavy atom. The first-order valence-electron chi connectivity index (χ1n) is 7.02. The predicted molar refractivity (Wildman–Crippen MR) is 92.6 cm³/mol. The number of amides is 1. The fourth-order valence-corrected chi connectivity index (χ4v) is 3.24. The molecule has 6 nitrogen and oxygen atoms in total. The minimum Gasteiger partial charge on any atom is -0.399 e. The predicted octanol–water partition coefficient (Wildman–Crippen LogP) is 2.92. The summed E-state index contributed by atoms with van der Waals surface area (Å²) in [4.78, 5) is 12.1. The molecule has 0 aromatic heterocycles. The Bertz CT molecular complexity index is 1040. The second kappa shape index (κ2) is 5.95. The van der Waals surface area contributed by atoms with Gasteiger partial charge in [0.15, 0.2) is 0 Å². The summed E-state index contributed by atoms with van der Waals surface area (Å²) in [5.74, 6) is -0.431. The zero-order valence-corrected chi connectivity index (χ0v) is 13.2. The summed E-state index contributed by atoms with van der Waals surface area (Å²) in [6, 6.07) is 15.9. The molecule has 0 heterocycles. The van der Waals surface area contributed by atoms with E-state index in [2.05, 4.69) is 5.32 Å². The third-order valence-corrected chi connectivity index (χ3v) is 4.44. The van der Waals surface area contributed by atoms with E-state index in [0.29, 0.717) is 16.6 Å². The lowest BCUT2D eigenvalue weighted by atomic mass is 10.1. The number of nitrogens with one attached hydrogen (secondary N) is 1. The molecule has 0 bridgehead atoms. The number of carbonyl (C=O) groups excluding carboxylic acids is 1. The number of nitrogens with two attached hydrogens (primary N) is 1. The van der Waals surface area contributed by atoms with Gasteiger partial charge in [0.1, 0.15) is 4.90 Å². The van der Waals surface area contributed by atoms with E-state index >= 15 is 0 Å². The molecule has 0 aliphatic heterocycles. The van der Waals surface area contributed by atoms with E-state index in [-0.39, 0.29) is 16.0 Å². The topological polar surface area (TPSA) is 109 Å². The number of hydrogen-bond donors (Lipinski definition) is 3. The maximum atomic E-state index is 12.4. The minimum absolute atomic E-state index is 0.250. The lowest BCUT2D eigenvalue weighted by Crippen LogP contribution is -2.13.